The van der Waals surface area contributed by atoms with Gasteiger partial charge in [0.25, 0.3) is 0 Å². The number of piperidine rings is 1. The normalized spacial score (nSPS) is 17.2. The minimum Gasteiger partial charge on any atom is -0.464 e. The van der Waals surface area contributed by atoms with Gasteiger partial charge >= 0.3 is 0 Å². The molecule has 8 heteroatoms. The zero-order valence-corrected chi connectivity index (χ0v) is 21.2. The standard InChI is InChI=1S/C28H35N5O3/c1-20-6-8-23(24(16-20)32-10-4-3-5-11-32)27(25-9-7-21(2)36-25)31-26(34)17-22-18-29-28(30-19-22)33-12-14-35-15-13-33/h6-9,16,18-19,27H,3-5,10-15,17H2,1-2H3,(H,31,34). The van der Waals surface area contributed by atoms with Crippen molar-refractivity contribution in [2.75, 3.05) is 49.2 Å². The smallest absolute Gasteiger partial charge is 0.225 e. The highest BCUT2D eigenvalue weighted by Gasteiger charge is 2.26. The molecule has 2 fully saturated rings. The van der Waals surface area contributed by atoms with Crippen LogP contribution in [0, 0.1) is 13.8 Å². The SMILES string of the molecule is Cc1ccc(C(NC(=O)Cc2cnc(N3CCOCC3)nc2)c2ccc(C)o2)c(N2CCCCC2)c1. The number of nitrogens with one attached hydrogen (secondary N) is 1. The number of carbonyl (C=O) groups excluding carboxylic acids is 1. The number of furan rings is 1. The summed E-state index contributed by atoms with van der Waals surface area (Å²) in [5.74, 6) is 2.14. The van der Waals surface area contributed by atoms with Crippen molar-refractivity contribution in [3.8, 4) is 0 Å². The van der Waals surface area contributed by atoms with Crippen LogP contribution in [-0.2, 0) is 16.0 Å². The second kappa shape index (κ2) is 11.1. The number of amides is 1. The molecule has 2 aliphatic heterocycles. The van der Waals surface area contributed by atoms with Crippen molar-refractivity contribution in [2.45, 2.75) is 45.6 Å². The topological polar surface area (TPSA) is 83.7 Å². The predicted molar refractivity (Wildman–Crippen MR) is 139 cm³/mol. The van der Waals surface area contributed by atoms with Crippen molar-refractivity contribution in [1.29, 1.82) is 0 Å². The van der Waals surface area contributed by atoms with Crippen LogP contribution in [0.5, 0.6) is 0 Å². The summed E-state index contributed by atoms with van der Waals surface area (Å²) in [7, 11) is 0. The van der Waals surface area contributed by atoms with E-state index in [1.807, 2.05) is 19.1 Å². The largest absolute Gasteiger partial charge is 0.464 e. The molecule has 0 aliphatic carbocycles. The molecular formula is C28H35N5O3. The van der Waals surface area contributed by atoms with Crippen LogP contribution in [0.15, 0.2) is 47.1 Å². The lowest BCUT2D eigenvalue weighted by molar-refractivity contribution is -0.121. The minimum atomic E-state index is -0.378. The maximum absolute atomic E-state index is 13.3. The van der Waals surface area contributed by atoms with Gasteiger partial charge in [-0.1, -0.05) is 12.1 Å². The first kappa shape index (κ1) is 24.3. The minimum absolute atomic E-state index is 0.0954. The van der Waals surface area contributed by atoms with Gasteiger partial charge in [0.05, 0.1) is 19.6 Å². The molecule has 3 aromatic rings. The molecule has 0 bridgehead atoms. The summed E-state index contributed by atoms with van der Waals surface area (Å²) in [6.45, 7) is 9.01. The van der Waals surface area contributed by atoms with Crippen LogP contribution in [0.2, 0.25) is 0 Å². The van der Waals surface area contributed by atoms with E-state index >= 15 is 0 Å². The molecule has 2 aliphatic rings. The number of hydrogen-bond acceptors (Lipinski definition) is 7. The molecule has 36 heavy (non-hydrogen) atoms. The number of aryl methyl sites for hydroxylation is 2. The zero-order valence-electron chi connectivity index (χ0n) is 21.2. The number of ether oxygens (including phenoxy) is 1. The highest BCUT2D eigenvalue weighted by molar-refractivity contribution is 5.79. The molecule has 2 aromatic heterocycles. The Hall–Kier alpha value is -3.39. The predicted octanol–water partition coefficient (Wildman–Crippen LogP) is 3.96. The van der Waals surface area contributed by atoms with E-state index in [1.165, 1.54) is 30.5 Å². The summed E-state index contributed by atoms with van der Waals surface area (Å²) in [5.41, 5.74) is 4.22. The summed E-state index contributed by atoms with van der Waals surface area (Å²) in [5, 5.41) is 3.25. The van der Waals surface area contributed by atoms with Gasteiger partial charge in [-0.15, -0.1) is 0 Å². The van der Waals surface area contributed by atoms with E-state index in [-0.39, 0.29) is 18.4 Å². The lowest BCUT2D eigenvalue weighted by atomic mass is 9.97. The van der Waals surface area contributed by atoms with Crippen LogP contribution in [0.25, 0.3) is 0 Å². The van der Waals surface area contributed by atoms with Crippen molar-refractivity contribution in [1.82, 2.24) is 15.3 Å². The van der Waals surface area contributed by atoms with E-state index in [2.05, 4.69) is 50.2 Å². The van der Waals surface area contributed by atoms with Crippen LogP contribution in [0.4, 0.5) is 11.6 Å². The molecule has 1 atom stereocenters. The lowest BCUT2D eigenvalue weighted by Gasteiger charge is -2.32. The second-order valence-electron chi connectivity index (χ2n) is 9.73. The third-order valence-corrected chi connectivity index (χ3v) is 6.89. The Bertz CT molecular complexity index is 1160. The van der Waals surface area contributed by atoms with Crippen molar-refractivity contribution >= 4 is 17.5 Å². The van der Waals surface area contributed by atoms with Crippen LogP contribution in [0.3, 0.4) is 0 Å². The first-order chi connectivity index (χ1) is 17.6. The number of carbonyl (C=O) groups is 1. The Morgan fingerprint density at radius 1 is 0.972 bits per heavy atom. The van der Waals surface area contributed by atoms with Gasteiger partial charge in [-0.3, -0.25) is 4.79 Å². The molecule has 0 radical (unpaired) electrons. The number of nitrogens with zero attached hydrogens (tertiary/aromatic N) is 4. The van der Waals surface area contributed by atoms with E-state index in [0.717, 1.165) is 48.8 Å². The van der Waals surface area contributed by atoms with Crippen molar-refractivity contribution in [3.05, 3.63) is 70.9 Å². The van der Waals surface area contributed by atoms with Crippen molar-refractivity contribution in [3.63, 3.8) is 0 Å². The Morgan fingerprint density at radius 3 is 2.42 bits per heavy atom. The van der Waals surface area contributed by atoms with Crippen molar-refractivity contribution < 1.29 is 13.9 Å². The van der Waals surface area contributed by atoms with Crippen LogP contribution in [0.1, 0.15) is 53.5 Å². The number of hydrogen-bond donors (Lipinski definition) is 1. The summed E-state index contributed by atoms with van der Waals surface area (Å²) in [6.07, 6.45) is 7.32. The maximum atomic E-state index is 13.3. The fourth-order valence-corrected chi connectivity index (χ4v) is 4.98. The van der Waals surface area contributed by atoms with Crippen LogP contribution in [-0.4, -0.2) is 55.3 Å². The van der Waals surface area contributed by atoms with Gasteiger partial charge < -0.3 is 24.3 Å². The molecule has 0 spiro atoms. The molecular weight excluding hydrogens is 454 g/mol. The number of benzene rings is 1. The molecule has 8 nitrogen and oxygen atoms in total. The Morgan fingerprint density at radius 2 is 1.72 bits per heavy atom. The average molecular weight is 490 g/mol. The number of rotatable bonds is 7. The lowest BCUT2D eigenvalue weighted by Crippen LogP contribution is -2.37. The third-order valence-electron chi connectivity index (χ3n) is 6.89. The van der Waals surface area contributed by atoms with E-state index in [0.29, 0.717) is 19.2 Å². The molecule has 4 heterocycles. The summed E-state index contributed by atoms with van der Waals surface area (Å²) in [4.78, 5) is 26.8. The molecule has 5 rings (SSSR count). The van der Waals surface area contributed by atoms with Gasteiger partial charge in [0.1, 0.15) is 17.6 Å². The van der Waals surface area contributed by atoms with E-state index in [4.69, 9.17) is 9.15 Å². The summed E-state index contributed by atoms with van der Waals surface area (Å²) >= 11 is 0. The number of anilines is 2. The monoisotopic (exact) mass is 489 g/mol. The van der Waals surface area contributed by atoms with Crippen molar-refractivity contribution in [2.24, 2.45) is 0 Å². The quantitative estimate of drug-likeness (QED) is 0.538. The van der Waals surface area contributed by atoms with Gasteiger partial charge in [-0.2, -0.15) is 0 Å². The second-order valence-corrected chi connectivity index (χ2v) is 9.73. The summed E-state index contributed by atoms with van der Waals surface area (Å²) < 4.78 is 11.4. The fraction of sp³-hybridized carbons (Fsp3) is 0.464. The number of aromatic nitrogens is 2. The van der Waals surface area contributed by atoms with Gasteiger partial charge in [0.15, 0.2) is 0 Å². The molecule has 1 unspecified atom stereocenters. The highest BCUT2D eigenvalue weighted by atomic mass is 16.5. The van der Waals surface area contributed by atoms with Gasteiger partial charge in [-0.05, 0) is 62.4 Å². The Balaban J connectivity index is 1.36. The molecule has 0 saturated carbocycles. The van der Waals surface area contributed by atoms with E-state index in [9.17, 15) is 4.79 Å². The molecule has 1 aromatic carbocycles. The fourth-order valence-electron chi connectivity index (χ4n) is 4.98. The molecule has 1 N–H and O–H groups in total. The highest BCUT2D eigenvalue weighted by Crippen LogP contribution is 2.34. The maximum Gasteiger partial charge on any atom is 0.225 e. The molecule has 2 saturated heterocycles. The van der Waals surface area contributed by atoms with E-state index < -0.39 is 0 Å². The first-order valence-corrected chi connectivity index (χ1v) is 12.9. The van der Waals surface area contributed by atoms with E-state index in [1.54, 1.807) is 12.4 Å². The first-order valence-electron chi connectivity index (χ1n) is 12.9. The van der Waals surface area contributed by atoms with Gasteiger partial charge in [-0.25, -0.2) is 9.97 Å². The van der Waals surface area contributed by atoms with Gasteiger partial charge in [0.2, 0.25) is 11.9 Å². The summed E-state index contributed by atoms with van der Waals surface area (Å²) in [6, 6.07) is 9.99. The van der Waals surface area contributed by atoms with Crippen LogP contribution >= 0.6 is 0 Å². The Labute approximate surface area is 212 Å². The third kappa shape index (κ3) is 5.70. The van der Waals surface area contributed by atoms with Gasteiger partial charge in [0, 0.05) is 49.8 Å². The number of morpholine rings is 1. The molecule has 190 valence electrons. The zero-order chi connectivity index (χ0) is 24.9. The van der Waals surface area contributed by atoms with Crippen LogP contribution < -0.4 is 15.1 Å². The Kier molecular flexibility index (Phi) is 7.51. The molecule has 1 amide bonds. The average Bonchev–Trinajstić information content (AvgIpc) is 3.35.